The van der Waals surface area contributed by atoms with Crippen LogP contribution in [0.5, 0.6) is 23.0 Å². The van der Waals surface area contributed by atoms with Gasteiger partial charge in [-0.25, -0.2) is 0 Å². The van der Waals surface area contributed by atoms with Gasteiger partial charge in [0.05, 0.1) is 45.7 Å². The molecule has 0 saturated carbocycles. The van der Waals surface area contributed by atoms with Crippen molar-refractivity contribution in [2.75, 3.05) is 35.0 Å². The first kappa shape index (κ1) is 31.9. The first-order valence-electron chi connectivity index (χ1n) is 16.0. The second kappa shape index (κ2) is 14.2. The fourth-order valence-electron chi connectivity index (χ4n) is 6.82. The fourth-order valence-corrected chi connectivity index (χ4v) is 6.82. The number of nitrogens with zero attached hydrogens (tertiary/aromatic N) is 2. The molecule has 9 nitrogen and oxygen atoms in total. The zero-order valence-corrected chi connectivity index (χ0v) is 27.6. The lowest BCUT2D eigenvalue weighted by Gasteiger charge is -2.38. The molecule has 4 aromatic carbocycles. The highest BCUT2D eigenvalue weighted by molar-refractivity contribution is 5.86. The number of aromatic nitrogens is 2. The van der Waals surface area contributed by atoms with Crippen LogP contribution in [0, 0.1) is 0 Å². The largest absolute Gasteiger partial charge is 0.493 e. The minimum Gasteiger partial charge on any atom is -0.493 e. The molecule has 3 unspecified atom stereocenters. The number of carbonyl (C=O) groups excluding carboxylic acids is 1. The molecule has 2 heterocycles. The number of aryl methyl sites for hydroxylation is 1. The number of fused-ring (bicyclic) bond motifs is 2. The van der Waals surface area contributed by atoms with Crippen LogP contribution in [0.1, 0.15) is 59.4 Å². The first-order chi connectivity index (χ1) is 22.9. The SMILES string of the molecule is COc1ccc(CC2c3cc(OC)c(OC)cc3CCCN2C(C(=O)NC(C)c2n[nH]c3ccccc23)c2ccccc2)cc1OC. The maximum absolute atomic E-state index is 14.6. The van der Waals surface area contributed by atoms with Crippen LogP contribution in [-0.2, 0) is 17.6 Å². The Hall–Kier alpha value is -5.02. The Morgan fingerprint density at radius 1 is 0.872 bits per heavy atom. The number of amides is 1. The van der Waals surface area contributed by atoms with Gasteiger partial charge < -0.3 is 24.3 Å². The predicted octanol–water partition coefficient (Wildman–Crippen LogP) is 6.75. The van der Waals surface area contributed by atoms with Crippen LogP contribution >= 0.6 is 0 Å². The van der Waals surface area contributed by atoms with Crippen LogP contribution in [0.25, 0.3) is 10.9 Å². The molecule has 244 valence electrons. The average Bonchev–Trinajstić information content (AvgIpc) is 3.47. The lowest BCUT2D eigenvalue weighted by molar-refractivity contribution is -0.128. The molecular weight excluding hydrogens is 592 g/mol. The second-order valence-corrected chi connectivity index (χ2v) is 11.9. The Morgan fingerprint density at radius 2 is 1.55 bits per heavy atom. The van der Waals surface area contributed by atoms with Gasteiger partial charge in [-0.1, -0.05) is 54.6 Å². The van der Waals surface area contributed by atoms with E-state index in [0.29, 0.717) is 36.0 Å². The van der Waals surface area contributed by atoms with Crippen molar-refractivity contribution in [3.05, 3.63) is 113 Å². The molecular formula is C38H42N4O5. The van der Waals surface area contributed by atoms with Crippen LogP contribution in [0.2, 0.25) is 0 Å². The van der Waals surface area contributed by atoms with Crippen molar-refractivity contribution in [2.24, 2.45) is 0 Å². The Labute approximate surface area is 275 Å². The van der Waals surface area contributed by atoms with Crippen molar-refractivity contribution in [3.8, 4) is 23.0 Å². The molecule has 9 heteroatoms. The lowest BCUT2D eigenvalue weighted by atomic mass is 9.91. The summed E-state index contributed by atoms with van der Waals surface area (Å²) in [7, 11) is 6.60. The molecule has 1 aliphatic rings. The number of aromatic amines is 1. The van der Waals surface area contributed by atoms with Gasteiger partial charge in [0, 0.05) is 18.0 Å². The molecule has 5 aromatic rings. The normalized spacial score (nSPS) is 16.1. The van der Waals surface area contributed by atoms with Crippen LogP contribution in [0.4, 0.5) is 0 Å². The average molecular weight is 635 g/mol. The van der Waals surface area contributed by atoms with E-state index in [2.05, 4.69) is 38.6 Å². The van der Waals surface area contributed by atoms with Crippen molar-refractivity contribution in [1.82, 2.24) is 20.4 Å². The number of H-pyrrole nitrogens is 1. The molecule has 1 amide bonds. The third-order valence-corrected chi connectivity index (χ3v) is 9.11. The van der Waals surface area contributed by atoms with Gasteiger partial charge in [0.1, 0.15) is 6.04 Å². The topological polar surface area (TPSA) is 97.9 Å². The van der Waals surface area contributed by atoms with E-state index in [1.54, 1.807) is 28.4 Å². The van der Waals surface area contributed by atoms with Crippen LogP contribution in [0.3, 0.4) is 0 Å². The fraction of sp³-hybridized carbons (Fsp3) is 0.316. The number of rotatable bonds is 11. The van der Waals surface area contributed by atoms with Gasteiger partial charge in [0.25, 0.3) is 0 Å². The zero-order valence-electron chi connectivity index (χ0n) is 27.6. The summed E-state index contributed by atoms with van der Waals surface area (Å²) in [6, 6.07) is 27.1. The Balaban J connectivity index is 1.45. The second-order valence-electron chi connectivity index (χ2n) is 11.9. The van der Waals surface area contributed by atoms with E-state index in [1.807, 2.05) is 73.7 Å². The third-order valence-electron chi connectivity index (χ3n) is 9.11. The highest BCUT2D eigenvalue weighted by Crippen LogP contribution is 2.43. The monoisotopic (exact) mass is 634 g/mol. The molecule has 0 radical (unpaired) electrons. The highest BCUT2D eigenvalue weighted by atomic mass is 16.5. The van der Waals surface area contributed by atoms with E-state index >= 15 is 0 Å². The first-order valence-corrected chi connectivity index (χ1v) is 16.0. The molecule has 0 bridgehead atoms. The maximum Gasteiger partial charge on any atom is 0.242 e. The molecule has 0 spiro atoms. The molecule has 6 rings (SSSR count). The van der Waals surface area contributed by atoms with Crippen LogP contribution in [0.15, 0.2) is 84.9 Å². The Bertz CT molecular complexity index is 1840. The van der Waals surface area contributed by atoms with E-state index in [-0.39, 0.29) is 18.0 Å². The quantitative estimate of drug-likeness (QED) is 0.166. The van der Waals surface area contributed by atoms with Gasteiger partial charge in [-0.05, 0) is 78.8 Å². The number of para-hydroxylation sites is 1. The van der Waals surface area contributed by atoms with Crippen molar-refractivity contribution in [2.45, 2.75) is 44.3 Å². The molecule has 1 aromatic heterocycles. The van der Waals surface area contributed by atoms with Crippen molar-refractivity contribution in [3.63, 3.8) is 0 Å². The van der Waals surface area contributed by atoms with E-state index < -0.39 is 6.04 Å². The molecule has 0 fully saturated rings. The van der Waals surface area contributed by atoms with E-state index in [9.17, 15) is 4.79 Å². The number of hydrogen-bond acceptors (Lipinski definition) is 7. The molecule has 0 saturated heterocycles. The summed E-state index contributed by atoms with van der Waals surface area (Å²) in [5, 5.41) is 12.0. The number of carbonyl (C=O) groups is 1. The minimum absolute atomic E-state index is 0.0861. The third kappa shape index (κ3) is 6.49. The highest BCUT2D eigenvalue weighted by Gasteiger charge is 2.37. The van der Waals surface area contributed by atoms with Gasteiger partial charge in [0.2, 0.25) is 5.91 Å². The standard InChI is InChI=1S/C38H42N4O5/c1-24(36-28-15-9-10-16-30(28)40-41-36)39-38(43)37(26-12-7-6-8-13-26)42-19-11-14-27-22-34(46-4)35(47-5)23-29(27)31(42)20-25-17-18-32(44-2)33(21-25)45-3/h6-10,12-13,15-18,21-24,31,37H,11,14,19-20H2,1-5H3,(H,39,43)(H,40,41). The van der Waals surface area contributed by atoms with Gasteiger partial charge >= 0.3 is 0 Å². The summed E-state index contributed by atoms with van der Waals surface area (Å²) in [4.78, 5) is 17.0. The molecule has 2 N–H and O–H groups in total. The number of benzene rings is 4. The van der Waals surface area contributed by atoms with Crippen LogP contribution in [-0.4, -0.2) is 56.0 Å². The molecule has 1 aliphatic heterocycles. The van der Waals surface area contributed by atoms with E-state index in [1.165, 1.54) is 5.56 Å². The van der Waals surface area contributed by atoms with Gasteiger partial charge in [-0.15, -0.1) is 0 Å². The van der Waals surface area contributed by atoms with E-state index in [0.717, 1.165) is 46.1 Å². The molecule has 3 atom stereocenters. The lowest BCUT2D eigenvalue weighted by Crippen LogP contribution is -2.44. The smallest absolute Gasteiger partial charge is 0.242 e. The van der Waals surface area contributed by atoms with Gasteiger partial charge in [-0.3, -0.25) is 14.8 Å². The summed E-state index contributed by atoms with van der Waals surface area (Å²) in [5.41, 5.74) is 6.01. The number of nitrogens with one attached hydrogen (secondary N) is 2. The summed E-state index contributed by atoms with van der Waals surface area (Å²) in [5.74, 6) is 2.60. The summed E-state index contributed by atoms with van der Waals surface area (Å²) in [6.45, 7) is 2.68. The Morgan fingerprint density at radius 3 is 2.30 bits per heavy atom. The van der Waals surface area contributed by atoms with Crippen molar-refractivity contribution < 1.29 is 23.7 Å². The summed E-state index contributed by atoms with van der Waals surface area (Å²) in [6.07, 6.45) is 2.33. The molecule has 47 heavy (non-hydrogen) atoms. The molecule has 0 aliphatic carbocycles. The van der Waals surface area contributed by atoms with Gasteiger partial charge in [0.15, 0.2) is 23.0 Å². The van der Waals surface area contributed by atoms with Crippen molar-refractivity contribution in [1.29, 1.82) is 0 Å². The Kier molecular flexibility index (Phi) is 9.63. The maximum atomic E-state index is 14.6. The number of hydrogen-bond donors (Lipinski definition) is 2. The van der Waals surface area contributed by atoms with Gasteiger partial charge in [-0.2, -0.15) is 5.10 Å². The van der Waals surface area contributed by atoms with Crippen molar-refractivity contribution >= 4 is 16.8 Å². The summed E-state index contributed by atoms with van der Waals surface area (Å²) >= 11 is 0. The minimum atomic E-state index is -0.576. The number of methoxy groups -OCH3 is 4. The number of ether oxygens (including phenoxy) is 4. The zero-order chi connectivity index (χ0) is 32.9. The summed E-state index contributed by atoms with van der Waals surface area (Å²) < 4.78 is 22.7. The predicted molar refractivity (Wildman–Crippen MR) is 182 cm³/mol. The van der Waals surface area contributed by atoms with E-state index in [4.69, 9.17) is 18.9 Å². The van der Waals surface area contributed by atoms with Crippen LogP contribution < -0.4 is 24.3 Å².